The molecule has 0 spiro atoms. The molecular weight excluding hydrogens is 459 g/mol. The standard InChI is InChI=1S/C22H12Cl2N2O6/c23-17-9-15-16(10-18(17)24)21(28)25(20(15)27)19-7-2-1-6-14(19)22(29)32-11-12-4-3-5-13(8-12)26(30)31/h1-10H,11H2. The number of rotatable bonds is 5. The van der Waals surface area contributed by atoms with Gasteiger partial charge in [-0.3, -0.25) is 19.7 Å². The van der Waals surface area contributed by atoms with Crippen molar-refractivity contribution in [1.29, 1.82) is 0 Å². The molecule has 0 saturated heterocycles. The highest BCUT2D eigenvalue weighted by Crippen LogP contribution is 2.35. The lowest BCUT2D eigenvalue weighted by atomic mass is 10.1. The van der Waals surface area contributed by atoms with E-state index in [1.807, 2.05) is 0 Å². The lowest BCUT2D eigenvalue weighted by Crippen LogP contribution is -2.31. The van der Waals surface area contributed by atoms with Gasteiger partial charge in [0, 0.05) is 12.1 Å². The highest BCUT2D eigenvalue weighted by atomic mass is 35.5. The highest BCUT2D eigenvalue weighted by Gasteiger charge is 2.39. The first-order chi connectivity index (χ1) is 15.3. The maximum atomic E-state index is 12.9. The molecule has 0 aromatic heterocycles. The molecule has 0 unspecified atom stereocenters. The summed E-state index contributed by atoms with van der Waals surface area (Å²) < 4.78 is 5.28. The number of carbonyl (C=O) groups is 3. The minimum Gasteiger partial charge on any atom is -0.457 e. The molecule has 0 bridgehead atoms. The van der Waals surface area contributed by atoms with Gasteiger partial charge in [0.15, 0.2) is 0 Å². The van der Waals surface area contributed by atoms with E-state index in [0.29, 0.717) is 5.56 Å². The second-order valence-corrected chi connectivity index (χ2v) is 7.59. The molecule has 3 aromatic carbocycles. The second kappa shape index (κ2) is 8.41. The third-order valence-electron chi connectivity index (χ3n) is 4.78. The smallest absolute Gasteiger partial charge is 0.340 e. The van der Waals surface area contributed by atoms with Crippen LogP contribution in [0.2, 0.25) is 10.0 Å². The van der Waals surface area contributed by atoms with Crippen molar-refractivity contribution in [2.75, 3.05) is 4.90 Å². The fraction of sp³-hybridized carbons (Fsp3) is 0.0455. The van der Waals surface area contributed by atoms with Gasteiger partial charge in [-0.05, 0) is 29.8 Å². The molecular formula is C22H12Cl2N2O6. The number of ether oxygens (including phenoxy) is 1. The Labute approximate surface area is 191 Å². The zero-order valence-electron chi connectivity index (χ0n) is 16.1. The van der Waals surface area contributed by atoms with E-state index in [2.05, 4.69) is 0 Å². The van der Waals surface area contributed by atoms with Crippen molar-refractivity contribution in [2.45, 2.75) is 6.61 Å². The number of esters is 1. The van der Waals surface area contributed by atoms with Crippen molar-refractivity contribution in [2.24, 2.45) is 0 Å². The van der Waals surface area contributed by atoms with Gasteiger partial charge >= 0.3 is 5.97 Å². The second-order valence-electron chi connectivity index (χ2n) is 6.78. The predicted octanol–water partition coefficient (Wildman–Crippen LogP) is 5.06. The molecule has 0 aliphatic carbocycles. The summed E-state index contributed by atoms with van der Waals surface area (Å²) in [7, 11) is 0. The normalized spacial score (nSPS) is 12.6. The number of nitrogens with zero attached hydrogens (tertiary/aromatic N) is 2. The summed E-state index contributed by atoms with van der Waals surface area (Å²) in [5, 5.41) is 11.2. The largest absolute Gasteiger partial charge is 0.457 e. The Morgan fingerprint density at radius 2 is 1.56 bits per heavy atom. The van der Waals surface area contributed by atoms with Crippen LogP contribution in [0, 0.1) is 10.1 Å². The van der Waals surface area contributed by atoms with Crippen molar-refractivity contribution in [1.82, 2.24) is 0 Å². The third kappa shape index (κ3) is 3.81. The molecule has 0 radical (unpaired) electrons. The molecule has 0 saturated carbocycles. The number of carbonyl (C=O) groups excluding carboxylic acids is 3. The average Bonchev–Trinajstić information content (AvgIpc) is 3.02. The Bertz CT molecular complexity index is 1270. The van der Waals surface area contributed by atoms with Crippen LogP contribution in [0.15, 0.2) is 60.7 Å². The zero-order chi connectivity index (χ0) is 23.0. The highest BCUT2D eigenvalue weighted by molar-refractivity contribution is 6.44. The van der Waals surface area contributed by atoms with Crippen LogP contribution in [0.1, 0.15) is 36.6 Å². The van der Waals surface area contributed by atoms with E-state index >= 15 is 0 Å². The van der Waals surface area contributed by atoms with Crippen molar-refractivity contribution in [3.05, 3.63) is 103 Å². The number of nitro groups is 1. The van der Waals surface area contributed by atoms with Crippen LogP contribution in [0.5, 0.6) is 0 Å². The van der Waals surface area contributed by atoms with Gasteiger partial charge in [0.05, 0.1) is 37.3 Å². The van der Waals surface area contributed by atoms with Gasteiger partial charge in [0.1, 0.15) is 6.61 Å². The summed E-state index contributed by atoms with van der Waals surface area (Å²) in [6, 6.07) is 14.2. The van der Waals surface area contributed by atoms with Crippen LogP contribution in [-0.4, -0.2) is 22.7 Å². The number of halogens is 2. The van der Waals surface area contributed by atoms with Crippen molar-refractivity contribution < 1.29 is 24.0 Å². The number of hydrogen-bond donors (Lipinski definition) is 0. The Morgan fingerprint density at radius 3 is 2.19 bits per heavy atom. The number of imide groups is 1. The van der Waals surface area contributed by atoms with Gasteiger partial charge in [-0.15, -0.1) is 0 Å². The maximum absolute atomic E-state index is 12.9. The lowest BCUT2D eigenvalue weighted by molar-refractivity contribution is -0.384. The molecule has 4 rings (SSSR count). The molecule has 10 heteroatoms. The SMILES string of the molecule is O=C(OCc1cccc([N+](=O)[O-])c1)c1ccccc1N1C(=O)c2cc(Cl)c(Cl)cc2C1=O. The van der Waals surface area contributed by atoms with Crippen LogP contribution in [0.4, 0.5) is 11.4 Å². The molecule has 1 heterocycles. The van der Waals surface area contributed by atoms with Gasteiger partial charge in [-0.1, -0.05) is 47.5 Å². The fourth-order valence-electron chi connectivity index (χ4n) is 3.28. The van der Waals surface area contributed by atoms with Gasteiger partial charge < -0.3 is 4.74 Å². The molecule has 8 nitrogen and oxygen atoms in total. The van der Waals surface area contributed by atoms with E-state index in [9.17, 15) is 24.5 Å². The van der Waals surface area contributed by atoms with E-state index in [1.165, 1.54) is 42.5 Å². The average molecular weight is 471 g/mol. The van der Waals surface area contributed by atoms with E-state index in [4.69, 9.17) is 27.9 Å². The number of nitro benzene ring substituents is 1. The lowest BCUT2D eigenvalue weighted by Gasteiger charge is -2.17. The Kier molecular flexibility index (Phi) is 5.65. The van der Waals surface area contributed by atoms with Crippen LogP contribution >= 0.6 is 23.2 Å². The summed E-state index contributed by atoms with van der Waals surface area (Å²) in [5.41, 5.74) is 0.435. The Hall–Kier alpha value is -3.75. The molecule has 160 valence electrons. The molecule has 1 aliphatic rings. The summed E-state index contributed by atoms with van der Waals surface area (Å²) in [4.78, 5) is 49.8. The number of anilines is 1. The topological polar surface area (TPSA) is 107 Å². The van der Waals surface area contributed by atoms with Gasteiger partial charge in [0.25, 0.3) is 17.5 Å². The summed E-state index contributed by atoms with van der Waals surface area (Å²) in [5.74, 6) is -2.11. The van der Waals surface area contributed by atoms with E-state index in [-0.39, 0.29) is 44.7 Å². The molecule has 2 amide bonds. The molecule has 1 aliphatic heterocycles. The maximum Gasteiger partial charge on any atom is 0.340 e. The zero-order valence-corrected chi connectivity index (χ0v) is 17.6. The van der Waals surface area contributed by atoms with Crippen LogP contribution < -0.4 is 4.90 Å². The van der Waals surface area contributed by atoms with Crippen molar-refractivity contribution in [3.63, 3.8) is 0 Å². The number of benzene rings is 3. The minimum absolute atomic E-state index is 0.0235. The first-order valence-corrected chi connectivity index (χ1v) is 9.91. The van der Waals surface area contributed by atoms with Gasteiger partial charge in [-0.2, -0.15) is 0 Å². The molecule has 32 heavy (non-hydrogen) atoms. The number of fused-ring (bicyclic) bond motifs is 1. The Morgan fingerprint density at radius 1 is 0.938 bits per heavy atom. The first kappa shape index (κ1) is 21.5. The Balaban J connectivity index is 1.61. The van der Waals surface area contributed by atoms with E-state index in [0.717, 1.165) is 4.90 Å². The van der Waals surface area contributed by atoms with Crippen LogP contribution in [0.3, 0.4) is 0 Å². The molecule has 0 N–H and O–H groups in total. The number of hydrogen-bond acceptors (Lipinski definition) is 6. The molecule has 0 fully saturated rings. The molecule has 0 atom stereocenters. The number of amides is 2. The predicted molar refractivity (Wildman–Crippen MR) is 116 cm³/mol. The quantitative estimate of drug-likeness (QED) is 0.223. The van der Waals surface area contributed by atoms with Crippen molar-refractivity contribution >= 4 is 52.4 Å². The van der Waals surface area contributed by atoms with Crippen molar-refractivity contribution in [3.8, 4) is 0 Å². The monoisotopic (exact) mass is 470 g/mol. The number of non-ortho nitro benzene ring substituents is 1. The summed E-state index contributed by atoms with van der Waals surface area (Å²) >= 11 is 12.0. The molecule has 3 aromatic rings. The van der Waals surface area contributed by atoms with Gasteiger partial charge in [0.2, 0.25) is 0 Å². The van der Waals surface area contributed by atoms with E-state index < -0.39 is 22.7 Å². The summed E-state index contributed by atoms with van der Waals surface area (Å²) in [6.45, 7) is -0.234. The number of para-hydroxylation sites is 1. The van der Waals surface area contributed by atoms with Crippen LogP contribution in [0.25, 0.3) is 0 Å². The van der Waals surface area contributed by atoms with E-state index in [1.54, 1.807) is 18.2 Å². The van der Waals surface area contributed by atoms with Crippen LogP contribution in [-0.2, 0) is 11.3 Å². The first-order valence-electron chi connectivity index (χ1n) is 9.15. The fourth-order valence-corrected chi connectivity index (χ4v) is 3.61. The third-order valence-corrected chi connectivity index (χ3v) is 5.51. The minimum atomic E-state index is -0.806. The van der Waals surface area contributed by atoms with Gasteiger partial charge in [-0.25, -0.2) is 9.69 Å². The summed E-state index contributed by atoms with van der Waals surface area (Å²) in [6.07, 6.45) is 0.